The van der Waals surface area contributed by atoms with Gasteiger partial charge in [0.2, 0.25) is 0 Å². The molecule has 2 heterocycles. The molecule has 0 aliphatic carbocycles. The minimum absolute atomic E-state index is 0.308. The molecule has 2 aromatic heterocycles. The second-order valence-corrected chi connectivity index (χ2v) is 7.23. The van der Waals surface area contributed by atoms with Crippen molar-refractivity contribution < 1.29 is 0 Å². The zero-order chi connectivity index (χ0) is 11.8. The van der Waals surface area contributed by atoms with E-state index >= 15 is 0 Å². The lowest BCUT2D eigenvalue weighted by Crippen LogP contribution is -2.31. The quantitative estimate of drug-likeness (QED) is 0.920. The summed E-state index contributed by atoms with van der Waals surface area (Å²) in [6, 6.07) is 4.12. The monoisotopic (exact) mass is 316 g/mol. The van der Waals surface area contributed by atoms with E-state index in [1.165, 1.54) is 4.88 Å². The van der Waals surface area contributed by atoms with Gasteiger partial charge in [0.15, 0.2) is 0 Å². The molecular weight excluding hydrogens is 304 g/mol. The highest BCUT2D eigenvalue weighted by Crippen LogP contribution is 2.34. The smallest absolute Gasteiger partial charge is 0.113 e. The van der Waals surface area contributed by atoms with E-state index in [0.29, 0.717) is 0 Å². The van der Waals surface area contributed by atoms with E-state index < -0.39 is 0 Å². The van der Waals surface area contributed by atoms with Gasteiger partial charge in [-0.1, -0.05) is 6.92 Å². The number of thiophene rings is 1. The molecular formula is C11H13BrN2S2. The molecule has 0 bridgehead atoms. The molecule has 86 valence electrons. The molecule has 1 unspecified atom stereocenters. The standard InChI is InChI=1S/C11H13BrN2S2/c1-3-11(2,13)10-14-7(6-15-10)8-4-5-9(12)16-8/h4-6H,3,13H2,1-2H3. The molecule has 0 aliphatic heterocycles. The summed E-state index contributed by atoms with van der Waals surface area (Å²) in [5.74, 6) is 0. The summed E-state index contributed by atoms with van der Waals surface area (Å²) in [6.45, 7) is 4.11. The highest BCUT2D eigenvalue weighted by atomic mass is 79.9. The molecule has 0 saturated heterocycles. The van der Waals surface area contributed by atoms with E-state index in [0.717, 1.165) is 20.9 Å². The normalized spacial score (nSPS) is 15.0. The first-order valence-electron chi connectivity index (χ1n) is 5.03. The third-order valence-electron chi connectivity index (χ3n) is 2.55. The van der Waals surface area contributed by atoms with Crippen LogP contribution < -0.4 is 5.73 Å². The number of nitrogens with two attached hydrogens (primary N) is 1. The second-order valence-electron chi connectivity index (χ2n) is 3.91. The van der Waals surface area contributed by atoms with Crippen LogP contribution in [0.5, 0.6) is 0 Å². The zero-order valence-electron chi connectivity index (χ0n) is 9.16. The lowest BCUT2D eigenvalue weighted by Gasteiger charge is -2.18. The van der Waals surface area contributed by atoms with Gasteiger partial charge >= 0.3 is 0 Å². The second kappa shape index (κ2) is 4.56. The Morgan fingerprint density at radius 3 is 2.81 bits per heavy atom. The van der Waals surface area contributed by atoms with E-state index in [1.54, 1.807) is 22.7 Å². The topological polar surface area (TPSA) is 38.9 Å². The number of hydrogen-bond donors (Lipinski definition) is 1. The predicted molar refractivity (Wildman–Crippen MR) is 75.0 cm³/mol. The number of rotatable bonds is 3. The van der Waals surface area contributed by atoms with E-state index in [2.05, 4.69) is 39.3 Å². The Morgan fingerprint density at radius 2 is 2.25 bits per heavy atom. The van der Waals surface area contributed by atoms with Crippen LogP contribution in [-0.4, -0.2) is 4.98 Å². The van der Waals surface area contributed by atoms with Crippen LogP contribution >= 0.6 is 38.6 Å². The third-order valence-corrected chi connectivity index (χ3v) is 5.32. The lowest BCUT2D eigenvalue weighted by atomic mass is 10.0. The van der Waals surface area contributed by atoms with Crippen molar-refractivity contribution in [2.24, 2.45) is 5.73 Å². The van der Waals surface area contributed by atoms with Crippen LogP contribution in [0.1, 0.15) is 25.3 Å². The fraction of sp³-hybridized carbons (Fsp3) is 0.364. The van der Waals surface area contributed by atoms with Gasteiger partial charge in [-0.2, -0.15) is 0 Å². The first-order chi connectivity index (χ1) is 7.53. The van der Waals surface area contributed by atoms with E-state index in [-0.39, 0.29) is 5.54 Å². The van der Waals surface area contributed by atoms with Crippen molar-refractivity contribution in [3.05, 3.63) is 26.3 Å². The zero-order valence-corrected chi connectivity index (χ0v) is 12.4. The highest BCUT2D eigenvalue weighted by molar-refractivity contribution is 9.11. The molecule has 0 fully saturated rings. The van der Waals surface area contributed by atoms with Gasteiger partial charge in [0.05, 0.1) is 19.9 Å². The Hall–Kier alpha value is -0.230. The van der Waals surface area contributed by atoms with Crippen molar-refractivity contribution in [1.82, 2.24) is 4.98 Å². The van der Waals surface area contributed by atoms with E-state index in [1.807, 2.05) is 13.0 Å². The highest BCUT2D eigenvalue weighted by Gasteiger charge is 2.23. The van der Waals surface area contributed by atoms with Crippen LogP contribution in [-0.2, 0) is 5.54 Å². The molecule has 0 saturated carbocycles. The summed E-state index contributed by atoms with van der Waals surface area (Å²) >= 11 is 6.79. The summed E-state index contributed by atoms with van der Waals surface area (Å²) in [5, 5.41) is 3.09. The largest absolute Gasteiger partial charge is 0.320 e. The number of thiazole rings is 1. The summed E-state index contributed by atoms with van der Waals surface area (Å²) in [5.41, 5.74) is 6.90. The Bertz CT molecular complexity index is 488. The van der Waals surface area contributed by atoms with Gasteiger partial charge in [0.25, 0.3) is 0 Å². The first kappa shape index (κ1) is 12.2. The minimum atomic E-state index is -0.308. The van der Waals surface area contributed by atoms with Crippen LogP contribution in [0, 0.1) is 0 Å². The van der Waals surface area contributed by atoms with Gasteiger partial charge in [-0.25, -0.2) is 4.98 Å². The summed E-state index contributed by atoms with van der Waals surface area (Å²) < 4.78 is 1.13. The lowest BCUT2D eigenvalue weighted by molar-refractivity contribution is 0.474. The number of nitrogens with zero attached hydrogens (tertiary/aromatic N) is 1. The van der Waals surface area contributed by atoms with Gasteiger partial charge in [-0.15, -0.1) is 22.7 Å². The van der Waals surface area contributed by atoms with Gasteiger partial charge in [-0.3, -0.25) is 0 Å². The first-order valence-corrected chi connectivity index (χ1v) is 7.52. The minimum Gasteiger partial charge on any atom is -0.320 e. The molecule has 0 aromatic carbocycles. The van der Waals surface area contributed by atoms with Gasteiger partial charge in [0.1, 0.15) is 5.01 Å². The van der Waals surface area contributed by atoms with Crippen molar-refractivity contribution in [2.75, 3.05) is 0 Å². The molecule has 1 atom stereocenters. The maximum absolute atomic E-state index is 6.18. The maximum Gasteiger partial charge on any atom is 0.113 e. The molecule has 0 amide bonds. The summed E-state index contributed by atoms with van der Waals surface area (Å²) in [7, 11) is 0. The fourth-order valence-corrected chi connectivity index (χ4v) is 3.64. The Kier molecular flexibility index (Phi) is 3.49. The SMILES string of the molecule is CCC(C)(N)c1nc(-c2ccc(Br)s2)cs1. The molecule has 2 N–H and O–H groups in total. The molecule has 16 heavy (non-hydrogen) atoms. The predicted octanol–water partition coefficient (Wildman–Crippen LogP) is 4.22. The van der Waals surface area contributed by atoms with Crippen molar-refractivity contribution in [2.45, 2.75) is 25.8 Å². The van der Waals surface area contributed by atoms with Crippen molar-refractivity contribution in [3.8, 4) is 10.6 Å². The van der Waals surface area contributed by atoms with Crippen molar-refractivity contribution in [1.29, 1.82) is 0 Å². The van der Waals surface area contributed by atoms with Crippen molar-refractivity contribution >= 4 is 38.6 Å². The number of hydrogen-bond acceptors (Lipinski definition) is 4. The summed E-state index contributed by atoms with van der Waals surface area (Å²) in [6.07, 6.45) is 0.897. The Morgan fingerprint density at radius 1 is 1.50 bits per heavy atom. The van der Waals surface area contributed by atoms with Crippen LogP contribution in [0.4, 0.5) is 0 Å². The molecule has 0 spiro atoms. The van der Waals surface area contributed by atoms with Gasteiger partial charge in [0, 0.05) is 5.38 Å². The van der Waals surface area contributed by atoms with E-state index in [9.17, 15) is 0 Å². The fourth-order valence-electron chi connectivity index (χ4n) is 1.25. The average Bonchev–Trinajstić information content (AvgIpc) is 2.85. The van der Waals surface area contributed by atoms with Crippen LogP contribution in [0.3, 0.4) is 0 Å². The molecule has 2 rings (SSSR count). The molecule has 0 radical (unpaired) electrons. The molecule has 5 heteroatoms. The molecule has 0 aliphatic rings. The average molecular weight is 317 g/mol. The number of halogens is 1. The van der Waals surface area contributed by atoms with Gasteiger partial charge in [-0.05, 0) is 41.4 Å². The maximum atomic E-state index is 6.18. The van der Waals surface area contributed by atoms with Crippen LogP contribution in [0.15, 0.2) is 21.3 Å². The van der Waals surface area contributed by atoms with E-state index in [4.69, 9.17) is 5.73 Å². The number of aromatic nitrogens is 1. The third kappa shape index (κ3) is 2.37. The van der Waals surface area contributed by atoms with Gasteiger partial charge < -0.3 is 5.73 Å². The Labute approximate surface area is 112 Å². The Balaban J connectivity index is 2.33. The molecule has 2 aromatic rings. The van der Waals surface area contributed by atoms with Crippen LogP contribution in [0.25, 0.3) is 10.6 Å². The molecule has 2 nitrogen and oxygen atoms in total. The van der Waals surface area contributed by atoms with Crippen LogP contribution in [0.2, 0.25) is 0 Å². The van der Waals surface area contributed by atoms with Crippen molar-refractivity contribution in [3.63, 3.8) is 0 Å². The summed E-state index contributed by atoms with van der Waals surface area (Å²) in [4.78, 5) is 5.80.